The minimum absolute atomic E-state index is 0.139. The summed E-state index contributed by atoms with van der Waals surface area (Å²) in [4.78, 5) is 0. The first kappa shape index (κ1) is 11.1. The van der Waals surface area contributed by atoms with Gasteiger partial charge in [0.1, 0.15) is 0 Å². The molecule has 0 amide bonds. The van der Waals surface area contributed by atoms with Gasteiger partial charge < -0.3 is 0 Å². The van der Waals surface area contributed by atoms with E-state index >= 15 is 0 Å². The molecule has 0 saturated carbocycles. The molecule has 1 heterocycles. The lowest BCUT2D eigenvalue weighted by molar-refractivity contribution is 0.603. The van der Waals surface area contributed by atoms with Gasteiger partial charge in [-0.1, -0.05) is 23.7 Å². The number of nitrogens with one attached hydrogen (secondary N) is 1. The average Bonchev–Trinajstić information content (AvgIpc) is 2.66. The molecule has 3 N–H and O–H groups in total. The van der Waals surface area contributed by atoms with E-state index < -0.39 is 0 Å². The van der Waals surface area contributed by atoms with Crippen molar-refractivity contribution in [3.63, 3.8) is 0 Å². The third-order valence-electron chi connectivity index (χ3n) is 2.38. The molecule has 0 bridgehead atoms. The molecule has 0 spiro atoms. The monoisotopic (exact) mass is 236 g/mol. The van der Waals surface area contributed by atoms with Crippen LogP contribution in [0.4, 0.5) is 0 Å². The normalized spacial score (nSPS) is 12.7. The summed E-state index contributed by atoms with van der Waals surface area (Å²) >= 11 is 5.94. The molecule has 0 aliphatic rings. The Hall–Kier alpha value is -1.36. The number of benzene rings is 1. The van der Waals surface area contributed by atoms with Crippen LogP contribution in [0.1, 0.15) is 17.3 Å². The van der Waals surface area contributed by atoms with Crippen molar-refractivity contribution >= 4 is 11.6 Å². The quantitative estimate of drug-likeness (QED) is 0.629. The van der Waals surface area contributed by atoms with E-state index in [1.54, 1.807) is 4.68 Å². The van der Waals surface area contributed by atoms with Gasteiger partial charge in [0.2, 0.25) is 0 Å². The average molecular weight is 237 g/mol. The SMILES string of the molecule is Cn1ccc(C(NN)c2cccc(Cl)c2)n1. The Morgan fingerprint density at radius 3 is 2.81 bits per heavy atom. The van der Waals surface area contributed by atoms with Gasteiger partial charge in [0, 0.05) is 18.3 Å². The number of rotatable bonds is 3. The van der Waals surface area contributed by atoms with Gasteiger partial charge in [0.15, 0.2) is 0 Å². The molecule has 5 heteroatoms. The maximum atomic E-state index is 5.94. The number of hydrazine groups is 1. The second-order valence-electron chi connectivity index (χ2n) is 3.57. The highest BCUT2D eigenvalue weighted by Crippen LogP contribution is 2.22. The Morgan fingerprint density at radius 2 is 2.25 bits per heavy atom. The minimum Gasteiger partial charge on any atom is -0.275 e. The zero-order valence-electron chi connectivity index (χ0n) is 8.89. The summed E-state index contributed by atoms with van der Waals surface area (Å²) in [6.07, 6.45) is 1.88. The van der Waals surface area contributed by atoms with Crippen LogP contribution in [0.2, 0.25) is 5.02 Å². The molecule has 1 aromatic heterocycles. The number of nitrogens with zero attached hydrogens (tertiary/aromatic N) is 2. The van der Waals surface area contributed by atoms with Crippen LogP contribution in [0.15, 0.2) is 36.5 Å². The highest BCUT2D eigenvalue weighted by atomic mass is 35.5. The highest BCUT2D eigenvalue weighted by molar-refractivity contribution is 6.30. The van der Waals surface area contributed by atoms with Crippen LogP contribution >= 0.6 is 11.6 Å². The van der Waals surface area contributed by atoms with Crippen molar-refractivity contribution in [2.75, 3.05) is 0 Å². The topological polar surface area (TPSA) is 55.9 Å². The highest BCUT2D eigenvalue weighted by Gasteiger charge is 2.14. The van der Waals surface area contributed by atoms with Crippen molar-refractivity contribution in [3.8, 4) is 0 Å². The molecular weight excluding hydrogens is 224 g/mol. The summed E-state index contributed by atoms with van der Waals surface area (Å²) in [6, 6.07) is 9.35. The molecule has 0 aliphatic heterocycles. The predicted octanol–water partition coefficient (Wildman–Crippen LogP) is 1.63. The van der Waals surface area contributed by atoms with Crippen molar-refractivity contribution in [2.24, 2.45) is 12.9 Å². The minimum atomic E-state index is -0.139. The third kappa shape index (κ3) is 2.24. The Kier molecular flexibility index (Phi) is 3.24. The van der Waals surface area contributed by atoms with E-state index in [2.05, 4.69) is 10.5 Å². The Bertz CT molecular complexity index is 480. The summed E-state index contributed by atoms with van der Waals surface area (Å²) < 4.78 is 1.74. The lowest BCUT2D eigenvalue weighted by Gasteiger charge is -2.13. The van der Waals surface area contributed by atoms with Crippen LogP contribution in [-0.2, 0) is 7.05 Å². The molecule has 84 valence electrons. The van der Waals surface area contributed by atoms with Crippen LogP contribution in [0.3, 0.4) is 0 Å². The van der Waals surface area contributed by atoms with E-state index in [0.717, 1.165) is 11.3 Å². The predicted molar refractivity (Wildman–Crippen MR) is 63.8 cm³/mol. The van der Waals surface area contributed by atoms with Gasteiger partial charge in [-0.05, 0) is 23.8 Å². The summed E-state index contributed by atoms with van der Waals surface area (Å²) in [5, 5.41) is 5.01. The Morgan fingerprint density at radius 1 is 1.44 bits per heavy atom. The number of nitrogens with two attached hydrogens (primary N) is 1. The van der Waals surface area contributed by atoms with Gasteiger partial charge in [0.25, 0.3) is 0 Å². The Labute approximate surface area is 99.0 Å². The number of aryl methyl sites for hydroxylation is 1. The van der Waals surface area contributed by atoms with Crippen molar-refractivity contribution in [2.45, 2.75) is 6.04 Å². The van der Waals surface area contributed by atoms with Crippen LogP contribution in [0, 0.1) is 0 Å². The first-order valence-electron chi connectivity index (χ1n) is 4.92. The van der Waals surface area contributed by atoms with Gasteiger partial charge in [-0.15, -0.1) is 0 Å². The van der Waals surface area contributed by atoms with Crippen LogP contribution < -0.4 is 11.3 Å². The molecule has 1 aromatic carbocycles. The number of hydrogen-bond donors (Lipinski definition) is 2. The van der Waals surface area contributed by atoms with Gasteiger partial charge in [0.05, 0.1) is 11.7 Å². The number of hydrogen-bond acceptors (Lipinski definition) is 3. The molecule has 1 unspecified atom stereocenters. The first-order chi connectivity index (χ1) is 7.70. The Balaban J connectivity index is 2.36. The molecule has 2 rings (SSSR count). The lowest BCUT2D eigenvalue weighted by Crippen LogP contribution is -2.29. The zero-order chi connectivity index (χ0) is 11.5. The summed E-state index contributed by atoms with van der Waals surface area (Å²) in [7, 11) is 1.87. The van der Waals surface area contributed by atoms with E-state index in [4.69, 9.17) is 17.4 Å². The van der Waals surface area contributed by atoms with Crippen molar-refractivity contribution in [1.29, 1.82) is 0 Å². The van der Waals surface area contributed by atoms with E-state index in [9.17, 15) is 0 Å². The fourth-order valence-electron chi connectivity index (χ4n) is 1.63. The summed E-state index contributed by atoms with van der Waals surface area (Å²) in [5.41, 5.74) is 4.60. The summed E-state index contributed by atoms with van der Waals surface area (Å²) in [6.45, 7) is 0. The van der Waals surface area contributed by atoms with Crippen molar-refractivity contribution < 1.29 is 0 Å². The smallest absolute Gasteiger partial charge is 0.0900 e. The van der Waals surface area contributed by atoms with Crippen LogP contribution in [0.25, 0.3) is 0 Å². The molecule has 0 saturated heterocycles. The lowest BCUT2D eigenvalue weighted by atomic mass is 10.1. The van der Waals surface area contributed by atoms with Gasteiger partial charge in [-0.25, -0.2) is 5.43 Å². The standard InChI is InChI=1S/C11H13ClN4/c1-16-6-5-10(15-16)11(14-13)8-3-2-4-9(12)7-8/h2-7,11,14H,13H2,1H3. The molecule has 0 radical (unpaired) electrons. The fourth-order valence-corrected chi connectivity index (χ4v) is 1.82. The van der Waals surface area contributed by atoms with E-state index in [1.165, 1.54) is 0 Å². The maximum Gasteiger partial charge on any atom is 0.0900 e. The molecule has 0 fully saturated rings. The van der Waals surface area contributed by atoms with Gasteiger partial charge in [-0.3, -0.25) is 10.5 Å². The van der Waals surface area contributed by atoms with Gasteiger partial charge >= 0.3 is 0 Å². The number of aromatic nitrogens is 2. The first-order valence-corrected chi connectivity index (χ1v) is 5.29. The van der Waals surface area contributed by atoms with Crippen LogP contribution in [-0.4, -0.2) is 9.78 Å². The van der Waals surface area contributed by atoms with Crippen molar-refractivity contribution in [3.05, 3.63) is 52.8 Å². The van der Waals surface area contributed by atoms with E-state index in [1.807, 2.05) is 43.6 Å². The molecular formula is C11H13ClN4. The second-order valence-corrected chi connectivity index (χ2v) is 4.01. The third-order valence-corrected chi connectivity index (χ3v) is 2.61. The number of halogens is 1. The second kappa shape index (κ2) is 4.65. The van der Waals surface area contributed by atoms with Crippen molar-refractivity contribution in [1.82, 2.24) is 15.2 Å². The molecule has 2 aromatic rings. The largest absolute Gasteiger partial charge is 0.275 e. The van der Waals surface area contributed by atoms with E-state index in [0.29, 0.717) is 5.02 Å². The zero-order valence-corrected chi connectivity index (χ0v) is 9.65. The molecule has 4 nitrogen and oxygen atoms in total. The molecule has 0 aliphatic carbocycles. The van der Waals surface area contributed by atoms with E-state index in [-0.39, 0.29) is 6.04 Å². The maximum absolute atomic E-state index is 5.94. The van der Waals surface area contributed by atoms with Gasteiger partial charge in [-0.2, -0.15) is 5.10 Å². The van der Waals surface area contributed by atoms with Crippen LogP contribution in [0.5, 0.6) is 0 Å². The molecule has 1 atom stereocenters. The molecule has 16 heavy (non-hydrogen) atoms. The fraction of sp³-hybridized carbons (Fsp3) is 0.182. The summed E-state index contributed by atoms with van der Waals surface area (Å²) in [5.74, 6) is 5.55.